The Morgan fingerprint density at radius 2 is 2.40 bits per heavy atom. The number of nitrogens with two attached hydrogens (primary N) is 1. The van der Waals surface area contributed by atoms with Gasteiger partial charge in [0.25, 0.3) is 0 Å². The Labute approximate surface area is 90.5 Å². The number of aryl methyl sites for hydroxylation is 1. The fraction of sp³-hybridized carbons (Fsp3) is 0.636. The van der Waals surface area contributed by atoms with Crippen LogP contribution in [-0.2, 0) is 6.54 Å². The van der Waals surface area contributed by atoms with Gasteiger partial charge in [0.2, 0.25) is 5.78 Å². The van der Waals surface area contributed by atoms with E-state index in [2.05, 4.69) is 11.9 Å². The standard InChI is InChI=1S/C11H19N3O/c1-3-7-14-8-6-13-11(14)10(15)9(2)4-5-12/h6,8-9H,3-5,7,12H2,1-2H3. The van der Waals surface area contributed by atoms with Crippen molar-refractivity contribution in [2.45, 2.75) is 33.2 Å². The first kappa shape index (κ1) is 11.9. The highest BCUT2D eigenvalue weighted by atomic mass is 16.1. The number of rotatable bonds is 6. The molecular weight excluding hydrogens is 190 g/mol. The highest BCUT2D eigenvalue weighted by Crippen LogP contribution is 2.10. The summed E-state index contributed by atoms with van der Waals surface area (Å²) in [6.07, 6.45) is 5.25. The number of carbonyl (C=O) groups excluding carboxylic acids is 1. The summed E-state index contributed by atoms with van der Waals surface area (Å²) in [4.78, 5) is 16.1. The summed E-state index contributed by atoms with van der Waals surface area (Å²) < 4.78 is 1.91. The summed E-state index contributed by atoms with van der Waals surface area (Å²) in [6.45, 7) is 5.37. The Hall–Kier alpha value is -1.16. The molecule has 0 saturated carbocycles. The number of ketones is 1. The second-order valence-electron chi connectivity index (χ2n) is 3.79. The molecule has 4 nitrogen and oxygen atoms in total. The molecule has 0 aliphatic heterocycles. The van der Waals surface area contributed by atoms with E-state index in [-0.39, 0.29) is 11.7 Å². The molecule has 0 amide bonds. The zero-order chi connectivity index (χ0) is 11.3. The molecule has 0 saturated heterocycles. The fourth-order valence-corrected chi connectivity index (χ4v) is 1.56. The van der Waals surface area contributed by atoms with E-state index in [0.29, 0.717) is 12.4 Å². The number of carbonyl (C=O) groups is 1. The van der Waals surface area contributed by atoms with Crippen molar-refractivity contribution < 1.29 is 4.79 Å². The average molecular weight is 209 g/mol. The molecule has 1 aromatic heterocycles. The molecule has 0 radical (unpaired) electrons. The number of aromatic nitrogens is 2. The summed E-state index contributed by atoms with van der Waals surface area (Å²) in [7, 11) is 0. The van der Waals surface area contributed by atoms with Gasteiger partial charge in [-0.15, -0.1) is 0 Å². The SMILES string of the molecule is CCCn1ccnc1C(=O)C(C)CCN. The fourth-order valence-electron chi connectivity index (χ4n) is 1.56. The van der Waals surface area contributed by atoms with Crippen molar-refractivity contribution in [2.24, 2.45) is 11.7 Å². The van der Waals surface area contributed by atoms with Crippen LogP contribution in [-0.4, -0.2) is 21.9 Å². The first-order valence-corrected chi connectivity index (χ1v) is 5.46. The molecule has 0 aliphatic rings. The normalized spacial score (nSPS) is 12.7. The van der Waals surface area contributed by atoms with E-state index < -0.39 is 0 Å². The summed E-state index contributed by atoms with van der Waals surface area (Å²) in [5.74, 6) is 0.629. The van der Waals surface area contributed by atoms with Crippen LogP contribution in [0.25, 0.3) is 0 Å². The molecule has 2 N–H and O–H groups in total. The molecule has 15 heavy (non-hydrogen) atoms. The van der Waals surface area contributed by atoms with Crippen LogP contribution in [0.2, 0.25) is 0 Å². The van der Waals surface area contributed by atoms with E-state index in [1.807, 2.05) is 17.7 Å². The average Bonchev–Trinajstić information content (AvgIpc) is 2.66. The molecule has 0 spiro atoms. The lowest BCUT2D eigenvalue weighted by molar-refractivity contribution is 0.0910. The van der Waals surface area contributed by atoms with Gasteiger partial charge in [-0.3, -0.25) is 4.79 Å². The molecule has 0 aromatic carbocycles. The van der Waals surface area contributed by atoms with Crippen molar-refractivity contribution in [3.8, 4) is 0 Å². The van der Waals surface area contributed by atoms with E-state index in [0.717, 1.165) is 19.4 Å². The minimum Gasteiger partial charge on any atom is -0.330 e. The third-order valence-electron chi connectivity index (χ3n) is 2.45. The lowest BCUT2D eigenvalue weighted by atomic mass is 10.0. The van der Waals surface area contributed by atoms with Crippen molar-refractivity contribution in [3.05, 3.63) is 18.2 Å². The Morgan fingerprint density at radius 1 is 1.67 bits per heavy atom. The lowest BCUT2D eigenvalue weighted by Gasteiger charge is -2.10. The third-order valence-corrected chi connectivity index (χ3v) is 2.45. The maximum atomic E-state index is 12.0. The van der Waals surface area contributed by atoms with Crippen LogP contribution in [0.3, 0.4) is 0 Å². The van der Waals surface area contributed by atoms with Crippen LogP contribution in [0.1, 0.15) is 37.3 Å². The van der Waals surface area contributed by atoms with Crippen molar-refractivity contribution in [1.82, 2.24) is 9.55 Å². The molecule has 1 atom stereocenters. The second-order valence-corrected chi connectivity index (χ2v) is 3.79. The predicted molar refractivity (Wildman–Crippen MR) is 59.7 cm³/mol. The summed E-state index contributed by atoms with van der Waals surface area (Å²) in [6, 6.07) is 0. The van der Waals surface area contributed by atoms with Gasteiger partial charge >= 0.3 is 0 Å². The van der Waals surface area contributed by atoms with Gasteiger partial charge in [0.15, 0.2) is 5.82 Å². The Kier molecular flexibility index (Phi) is 4.49. The molecule has 1 rings (SSSR count). The second kappa shape index (κ2) is 5.66. The number of nitrogens with zero attached hydrogens (tertiary/aromatic N) is 2. The van der Waals surface area contributed by atoms with Crippen molar-refractivity contribution >= 4 is 5.78 Å². The minimum atomic E-state index is -0.0343. The summed E-state index contributed by atoms with van der Waals surface area (Å²) >= 11 is 0. The monoisotopic (exact) mass is 209 g/mol. The number of imidazole rings is 1. The van der Waals surface area contributed by atoms with Gasteiger partial charge in [0.05, 0.1) is 0 Å². The van der Waals surface area contributed by atoms with Crippen LogP contribution in [0.5, 0.6) is 0 Å². The smallest absolute Gasteiger partial charge is 0.201 e. The highest BCUT2D eigenvalue weighted by Gasteiger charge is 2.18. The van der Waals surface area contributed by atoms with Gasteiger partial charge in [-0.05, 0) is 19.4 Å². The lowest BCUT2D eigenvalue weighted by Crippen LogP contribution is -2.19. The quantitative estimate of drug-likeness (QED) is 0.721. The van der Waals surface area contributed by atoms with Crippen LogP contribution >= 0.6 is 0 Å². The van der Waals surface area contributed by atoms with Crippen LogP contribution in [0, 0.1) is 5.92 Å². The van der Waals surface area contributed by atoms with E-state index in [1.165, 1.54) is 0 Å². The van der Waals surface area contributed by atoms with Gasteiger partial charge in [0, 0.05) is 24.9 Å². The Morgan fingerprint density at radius 3 is 3.00 bits per heavy atom. The van der Waals surface area contributed by atoms with Gasteiger partial charge < -0.3 is 10.3 Å². The predicted octanol–water partition coefficient (Wildman–Crippen LogP) is 1.46. The number of Topliss-reactive ketones (excluding diaryl/α,β-unsaturated/α-hetero) is 1. The van der Waals surface area contributed by atoms with E-state index in [4.69, 9.17) is 5.73 Å². The highest BCUT2D eigenvalue weighted by molar-refractivity contribution is 5.94. The van der Waals surface area contributed by atoms with Gasteiger partial charge in [-0.1, -0.05) is 13.8 Å². The zero-order valence-corrected chi connectivity index (χ0v) is 9.44. The largest absolute Gasteiger partial charge is 0.330 e. The van der Waals surface area contributed by atoms with Crippen LogP contribution in [0.4, 0.5) is 0 Å². The topological polar surface area (TPSA) is 60.9 Å². The van der Waals surface area contributed by atoms with Gasteiger partial charge in [-0.2, -0.15) is 0 Å². The zero-order valence-electron chi connectivity index (χ0n) is 9.44. The van der Waals surface area contributed by atoms with E-state index in [9.17, 15) is 4.79 Å². The third kappa shape index (κ3) is 2.89. The number of hydrogen-bond donors (Lipinski definition) is 1. The molecular formula is C11H19N3O. The Bertz CT molecular complexity index is 319. The van der Waals surface area contributed by atoms with E-state index in [1.54, 1.807) is 6.20 Å². The van der Waals surface area contributed by atoms with Crippen molar-refractivity contribution in [3.63, 3.8) is 0 Å². The molecule has 84 valence electrons. The molecule has 0 aliphatic carbocycles. The minimum absolute atomic E-state index is 0.0343. The molecule has 4 heteroatoms. The van der Waals surface area contributed by atoms with Crippen LogP contribution < -0.4 is 5.73 Å². The van der Waals surface area contributed by atoms with Crippen molar-refractivity contribution in [1.29, 1.82) is 0 Å². The first-order valence-electron chi connectivity index (χ1n) is 5.46. The first-order chi connectivity index (χ1) is 7.20. The molecule has 1 aromatic rings. The Balaban J connectivity index is 2.76. The maximum Gasteiger partial charge on any atom is 0.201 e. The van der Waals surface area contributed by atoms with Crippen LogP contribution in [0.15, 0.2) is 12.4 Å². The summed E-state index contributed by atoms with van der Waals surface area (Å²) in [5, 5.41) is 0. The number of hydrogen-bond acceptors (Lipinski definition) is 3. The maximum absolute atomic E-state index is 12.0. The molecule has 1 unspecified atom stereocenters. The molecule has 1 heterocycles. The molecule has 0 fully saturated rings. The van der Waals surface area contributed by atoms with Gasteiger partial charge in [0.1, 0.15) is 0 Å². The van der Waals surface area contributed by atoms with Gasteiger partial charge in [-0.25, -0.2) is 4.98 Å². The summed E-state index contributed by atoms with van der Waals surface area (Å²) in [5.41, 5.74) is 5.44. The van der Waals surface area contributed by atoms with E-state index >= 15 is 0 Å². The van der Waals surface area contributed by atoms with Crippen molar-refractivity contribution in [2.75, 3.05) is 6.54 Å². The molecule has 0 bridgehead atoms.